The van der Waals surface area contributed by atoms with Gasteiger partial charge < -0.3 is 4.98 Å². The summed E-state index contributed by atoms with van der Waals surface area (Å²) in [6.45, 7) is 0. The van der Waals surface area contributed by atoms with Crippen LogP contribution in [0, 0.1) is 17.1 Å². The van der Waals surface area contributed by atoms with E-state index in [1.165, 1.54) is 37.6 Å². The first-order chi connectivity index (χ1) is 13.4. The van der Waals surface area contributed by atoms with Crippen LogP contribution in [0.1, 0.15) is 5.56 Å². The lowest BCUT2D eigenvalue weighted by Crippen LogP contribution is -2.26. The predicted molar refractivity (Wildman–Crippen MR) is 104 cm³/mol. The van der Waals surface area contributed by atoms with E-state index in [0.717, 1.165) is 21.2 Å². The molecule has 2 aromatic carbocycles. The second-order valence-electron chi connectivity index (χ2n) is 5.91. The van der Waals surface area contributed by atoms with Crippen molar-refractivity contribution in [2.45, 2.75) is 4.90 Å². The van der Waals surface area contributed by atoms with E-state index in [0.29, 0.717) is 16.6 Å². The highest BCUT2D eigenvalue weighted by atomic mass is 32.2. The standard InChI is InChI=1S/C18H12FN5O2S2/c1-24(18-22-10-23-27-18)28(25,26)13-4-5-14-15(9-21-17(14)7-13)11-2-3-12(8-20)16(19)6-11/h2-7,9-10,21H,1H3. The highest BCUT2D eigenvalue weighted by Gasteiger charge is 2.24. The summed E-state index contributed by atoms with van der Waals surface area (Å²) >= 11 is 0.981. The first-order valence-electron chi connectivity index (χ1n) is 7.98. The number of aromatic amines is 1. The Morgan fingerprint density at radius 3 is 2.75 bits per heavy atom. The van der Waals surface area contributed by atoms with E-state index in [4.69, 9.17) is 5.26 Å². The fourth-order valence-corrected chi connectivity index (χ4v) is 4.71. The number of anilines is 1. The number of sulfonamides is 1. The largest absolute Gasteiger partial charge is 0.361 e. The Labute approximate surface area is 163 Å². The van der Waals surface area contributed by atoms with Gasteiger partial charge in [-0.3, -0.25) is 0 Å². The summed E-state index contributed by atoms with van der Waals surface area (Å²) < 4.78 is 44.5. The van der Waals surface area contributed by atoms with E-state index in [-0.39, 0.29) is 15.6 Å². The minimum Gasteiger partial charge on any atom is -0.361 e. The van der Waals surface area contributed by atoms with E-state index < -0.39 is 15.8 Å². The van der Waals surface area contributed by atoms with Crippen molar-refractivity contribution >= 4 is 37.6 Å². The number of hydrogen-bond donors (Lipinski definition) is 1. The molecule has 0 amide bonds. The molecule has 0 atom stereocenters. The third kappa shape index (κ3) is 2.90. The summed E-state index contributed by atoms with van der Waals surface area (Å²) in [6, 6.07) is 10.8. The Bertz CT molecular complexity index is 1320. The number of benzene rings is 2. The number of H-pyrrole nitrogens is 1. The molecule has 0 saturated carbocycles. The lowest BCUT2D eigenvalue weighted by atomic mass is 10.0. The van der Waals surface area contributed by atoms with Gasteiger partial charge in [-0.05, 0) is 29.8 Å². The van der Waals surface area contributed by atoms with Crippen molar-refractivity contribution in [1.29, 1.82) is 5.26 Å². The van der Waals surface area contributed by atoms with Crippen LogP contribution in [0.15, 0.2) is 53.8 Å². The molecule has 0 bridgehead atoms. The molecule has 10 heteroatoms. The Morgan fingerprint density at radius 1 is 1.25 bits per heavy atom. The number of fused-ring (bicyclic) bond motifs is 1. The van der Waals surface area contributed by atoms with Gasteiger partial charge in [0.15, 0.2) is 0 Å². The fraction of sp³-hybridized carbons (Fsp3) is 0.0556. The van der Waals surface area contributed by atoms with E-state index >= 15 is 0 Å². The summed E-state index contributed by atoms with van der Waals surface area (Å²) in [4.78, 5) is 7.04. The molecular weight excluding hydrogens is 401 g/mol. The average molecular weight is 413 g/mol. The van der Waals surface area contributed by atoms with Crippen molar-refractivity contribution in [3.8, 4) is 17.2 Å². The monoisotopic (exact) mass is 413 g/mol. The van der Waals surface area contributed by atoms with Gasteiger partial charge >= 0.3 is 0 Å². The zero-order chi connectivity index (χ0) is 19.9. The van der Waals surface area contributed by atoms with Crippen molar-refractivity contribution < 1.29 is 12.8 Å². The van der Waals surface area contributed by atoms with E-state index in [1.54, 1.807) is 24.4 Å². The Kier molecular flexibility index (Phi) is 4.33. The fourth-order valence-electron chi connectivity index (χ4n) is 2.84. The molecule has 0 spiro atoms. The van der Waals surface area contributed by atoms with Crippen molar-refractivity contribution in [1.82, 2.24) is 14.3 Å². The molecule has 0 aliphatic heterocycles. The van der Waals surface area contributed by atoms with Crippen LogP contribution in [-0.4, -0.2) is 29.8 Å². The molecular formula is C18H12FN5O2S2. The van der Waals surface area contributed by atoms with Crippen LogP contribution in [-0.2, 0) is 10.0 Å². The number of rotatable bonds is 4. The van der Waals surface area contributed by atoms with Gasteiger partial charge in [0.2, 0.25) is 5.13 Å². The smallest absolute Gasteiger partial charge is 0.265 e. The molecule has 2 heterocycles. The van der Waals surface area contributed by atoms with Gasteiger partial charge in [-0.1, -0.05) is 12.1 Å². The molecule has 2 aromatic heterocycles. The van der Waals surface area contributed by atoms with E-state index in [9.17, 15) is 12.8 Å². The minimum atomic E-state index is -3.80. The summed E-state index contributed by atoms with van der Waals surface area (Å²) in [7, 11) is -2.38. The number of nitrogens with zero attached hydrogens (tertiary/aromatic N) is 4. The second kappa shape index (κ2) is 6.70. The molecule has 0 fully saturated rings. The highest BCUT2D eigenvalue weighted by Crippen LogP contribution is 2.32. The van der Waals surface area contributed by atoms with Crippen LogP contribution < -0.4 is 4.31 Å². The van der Waals surface area contributed by atoms with Gasteiger partial charge in [0.25, 0.3) is 10.0 Å². The van der Waals surface area contributed by atoms with Crippen molar-refractivity contribution in [2.24, 2.45) is 0 Å². The van der Waals surface area contributed by atoms with Crippen molar-refractivity contribution in [3.63, 3.8) is 0 Å². The zero-order valence-corrected chi connectivity index (χ0v) is 16.1. The average Bonchev–Trinajstić information content (AvgIpc) is 3.36. The lowest BCUT2D eigenvalue weighted by molar-refractivity contribution is 0.594. The first-order valence-corrected chi connectivity index (χ1v) is 10.2. The highest BCUT2D eigenvalue weighted by molar-refractivity contribution is 7.93. The molecule has 1 N–H and O–H groups in total. The van der Waals surface area contributed by atoms with Crippen LogP contribution in [0.3, 0.4) is 0 Å². The summed E-state index contributed by atoms with van der Waals surface area (Å²) in [5.41, 5.74) is 1.85. The van der Waals surface area contributed by atoms with Gasteiger partial charge in [0.05, 0.1) is 10.5 Å². The van der Waals surface area contributed by atoms with E-state index in [2.05, 4.69) is 14.3 Å². The van der Waals surface area contributed by atoms with Gasteiger partial charge in [-0.2, -0.15) is 9.64 Å². The third-order valence-electron chi connectivity index (χ3n) is 4.33. The van der Waals surface area contributed by atoms with Gasteiger partial charge in [-0.15, -0.1) is 0 Å². The molecule has 4 aromatic rings. The number of nitrogens with one attached hydrogen (secondary N) is 1. The lowest BCUT2D eigenvalue weighted by Gasteiger charge is -2.15. The third-order valence-corrected chi connectivity index (χ3v) is 6.93. The molecule has 28 heavy (non-hydrogen) atoms. The first kappa shape index (κ1) is 18.1. The topological polar surface area (TPSA) is 103 Å². The van der Waals surface area contributed by atoms with Crippen LogP contribution in [0.4, 0.5) is 9.52 Å². The van der Waals surface area contributed by atoms with Gasteiger partial charge in [0, 0.05) is 41.2 Å². The molecule has 0 radical (unpaired) electrons. The second-order valence-corrected chi connectivity index (χ2v) is 8.64. The molecule has 140 valence electrons. The molecule has 4 rings (SSSR count). The van der Waals surface area contributed by atoms with Crippen molar-refractivity contribution in [2.75, 3.05) is 11.4 Å². The number of aromatic nitrogens is 3. The predicted octanol–water partition coefficient (Wildman–Crippen LogP) is 3.52. The summed E-state index contributed by atoms with van der Waals surface area (Å²) in [5.74, 6) is -0.604. The van der Waals surface area contributed by atoms with Crippen LogP contribution in [0.5, 0.6) is 0 Å². The van der Waals surface area contributed by atoms with Crippen LogP contribution in [0.25, 0.3) is 22.0 Å². The maximum absolute atomic E-state index is 14.0. The van der Waals surface area contributed by atoms with Gasteiger partial charge in [0.1, 0.15) is 18.2 Å². The molecule has 0 aliphatic rings. The van der Waals surface area contributed by atoms with E-state index in [1.807, 2.05) is 0 Å². The normalized spacial score (nSPS) is 11.5. The quantitative estimate of drug-likeness (QED) is 0.551. The molecule has 0 unspecified atom stereocenters. The molecule has 0 saturated heterocycles. The van der Waals surface area contributed by atoms with Crippen LogP contribution >= 0.6 is 11.5 Å². The Balaban J connectivity index is 1.76. The molecule has 0 aliphatic carbocycles. The van der Waals surface area contributed by atoms with Gasteiger partial charge in [-0.25, -0.2) is 22.1 Å². The van der Waals surface area contributed by atoms with Crippen LogP contribution in [0.2, 0.25) is 0 Å². The Hall–Kier alpha value is -3.29. The number of hydrogen-bond acceptors (Lipinski definition) is 6. The summed E-state index contributed by atoms with van der Waals surface area (Å²) in [5, 5.41) is 9.87. The minimum absolute atomic E-state index is 0.0308. The Morgan fingerprint density at radius 2 is 2.07 bits per heavy atom. The van der Waals surface area contributed by atoms with Crippen molar-refractivity contribution in [3.05, 3.63) is 60.3 Å². The summed E-state index contributed by atoms with van der Waals surface area (Å²) in [6.07, 6.45) is 2.97. The SMILES string of the molecule is CN(c1ncns1)S(=O)(=O)c1ccc2c(-c3ccc(C#N)c(F)c3)c[nH]c2c1. The maximum Gasteiger partial charge on any atom is 0.265 e. The maximum atomic E-state index is 14.0. The molecule has 7 nitrogen and oxygen atoms in total. The number of nitriles is 1. The number of halogens is 1. The zero-order valence-electron chi connectivity index (χ0n) is 14.4.